The van der Waals surface area contributed by atoms with Crippen molar-refractivity contribution in [3.05, 3.63) is 47.8 Å². The minimum Gasteiger partial charge on any atom is -0.411 e. The molecule has 0 spiro atoms. The van der Waals surface area contributed by atoms with Crippen LogP contribution >= 0.6 is 21.6 Å². The number of oxime groups is 2. The summed E-state index contributed by atoms with van der Waals surface area (Å²) in [5.41, 5.74) is 2.60. The summed E-state index contributed by atoms with van der Waals surface area (Å²) in [6.45, 7) is 3.42. The summed E-state index contributed by atoms with van der Waals surface area (Å²) in [6.07, 6.45) is 3.32. The third-order valence-corrected chi connectivity index (χ3v) is 5.00. The van der Waals surface area contributed by atoms with Crippen LogP contribution in [0.15, 0.2) is 57.0 Å². The Kier molecular flexibility index (Phi) is 5.79. The predicted octanol–water partition coefficient (Wildman–Crippen LogP) is 3.67. The molecule has 0 aliphatic heterocycles. The van der Waals surface area contributed by atoms with Crippen LogP contribution in [0.5, 0.6) is 0 Å². The van der Waals surface area contributed by atoms with Gasteiger partial charge in [-0.3, -0.25) is 0 Å². The summed E-state index contributed by atoms with van der Waals surface area (Å²) in [7, 11) is 2.97. The Bertz CT molecular complexity index is 623. The highest BCUT2D eigenvalue weighted by atomic mass is 33.1. The Morgan fingerprint density at radius 2 is 1.23 bits per heavy atom. The van der Waals surface area contributed by atoms with Gasteiger partial charge in [0.1, 0.15) is 10.1 Å². The number of nitrogens with zero attached hydrogens (tertiary/aromatic N) is 4. The summed E-state index contributed by atoms with van der Waals surface area (Å²) in [5.74, 6) is 0. The summed E-state index contributed by atoms with van der Waals surface area (Å²) >= 11 is 0. The van der Waals surface area contributed by atoms with Gasteiger partial charge in [0.2, 0.25) is 0 Å². The molecule has 8 heteroatoms. The number of hydrogen-bond acceptors (Lipinski definition) is 8. The molecule has 0 atom stereocenters. The molecular formula is C14H14N4O2S2. The average Bonchev–Trinajstić information content (AvgIpc) is 2.59. The maximum atomic E-state index is 8.71. The molecule has 0 radical (unpaired) electrons. The van der Waals surface area contributed by atoms with Crippen molar-refractivity contribution < 1.29 is 10.4 Å². The molecule has 2 rings (SSSR count). The van der Waals surface area contributed by atoms with Crippen LogP contribution in [-0.2, 0) is 0 Å². The van der Waals surface area contributed by atoms with Gasteiger partial charge in [-0.2, -0.15) is 0 Å². The van der Waals surface area contributed by atoms with E-state index in [0.717, 1.165) is 21.2 Å². The van der Waals surface area contributed by atoms with Crippen molar-refractivity contribution in [2.75, 3.05) is 0 Å². The third-order valence-electron chi connectivity index (χ3n) is 2.82. The lowest BCUT2D eigenvalue weighted by Gasteiger charge is -2.03. The van der Waals surface area contributed by atoms with Gasteiger partial charge in [-0.1, -0.05) is 10.3 Å². The first-order valence-corrected chi connectivity index (χ1v) is 8.43. The molecule has 0 saturated heterocycles. The van der Waals surface area contributed by atoms with Crippen molar-refractivity contribution in [2.45, 2.75) is 23.9 Å². The van der Waals surface area contributed by atoms with Crippen LogP contribution in [0, 0.1) is 0 Å². The molecule has 6 nitrogen and oxygen atoms in total. The second-order valence-corrected chi connectivity index (χ2v) is 6.48. The quantitative estimate of drug-likeness (QED) is 0.375. The number of hydrogen-bond donors (Lipinski definition) is 2. The van der Waals surface area contributed by atoms with Gasteiger partial charge >= 0.3 is 0 Å². The van der Waals surface area contributed by atoms with Crippen LogP contribution < -0.4 is 0 Å². The number of pyridine rings is 2. The van der Waals surface area contributed by atoms with E-state index in [4.69, 9.17) is 10.4 Å². The molecular weight excluding hydrogens is 320 g/mol. The van der Waals surface area contributed by atoms with Crippen LogP contribution in [0.3, 0.4) is 0 Å². The molecule has 2 aromatic heterocycles. The van der Waals surface area contributed by atoms with Crippen LogP contribution in [0.4, 0.5) is 0 Å². The second kappa shape index (κ2) is 7.81. The fourth-order valence-corrected chi connectivity index (χ4v) is 3.20. The van der Waals surface area contributed by atoms with E-state index >= 15 is 0 Å². The standard InChI is InChI=1S/C14H14N4O2S2/c1-9(17-19)11-3-5-13(15-7-11)21-22-14-6-4-12(8-16-14)10(2)18-20/h3-8,19-20H,1-2H3/b17-9-,18-10-. The van der Waals surface area contributed by atoms with Gasteiger partial charge in [0.25, 0.3) is 0 Å². The first-order valence-electron chi connectivity index (χ1n) is 6.28. The highest BCUT2D eigenvalue weighted by Crippen LogP contribution is 2.34. The molecule has 0 bridgehead atoms. The molecule has 2 aromatic rings. The van der Waals surface area contributed by atoms with Gasteiger partial charge in [-0.25, -0.2) is 9.97 Å². The van der Waals surface area contributed by atoms with Crippen molar-refractivity contribution in [1.29, 1.82) is 0 Å². The fraction of sp³-hybridized carbons (Fsp3) is 0.143. The largest absolute Gasteiger partial charge is 0.411 e. The molecule has 0 aliphatic rings. The minimum atomic E-state index is 0.523. The van der Waals surface area contributed by atoms with E-state index in [1.165, 1.54) is 21.6 Å². The summed E-state index contributed by atoms with van der Waals surface area (Å²) in [6, 6.07) is 7.42. The fourth-order valence-electron chi connectivity index (χ4n) is 1.49. The maximum absolute atomic E-state index is 8.71. The van der Waals surface area contributed by atoms with Crippen molar-refractivity contribution in [3.8, 4) is 0 Å². The summed E-state index contributed by atoms with van der Waals surface area (Å²) in [5, 5.41) is 25.4. The van der Waals surface area contributed by atoms with Gasteiger partial charge < -0.3 is 10.4 Å². The molecule has 22 heavy (non-hydrogen) atoms. The van der Waals surface area contributed by atoms with E-state index in [0.29, 0.717) is 11.4 Å². The summed E-state index contributed by atoms with van der Waals surface area (Å²) in [4.78, 5) is 8.58. The normalized spacial score (nSPS) is 12.5. The Morgan fingerprint density at radius 1 is 0.818 bits per heavy atom. The molecule has 0 aliphatic carbocycles. The van der Waals surface area contributed by atoms with Crippen LogP contribution in [-0.4, -0.2) is 31.8 Å². The predicted molar refractivity (Wildman–Crippen MR) is 88.2 cm³/mol. The second-order valence-electron chi connectivity index (χ2n) is 4.31. The zero-order chi connectivity index (χ0) is 15.9. The lowest BCUT2D eigenvalue weighted by molar-refractivity contribution is 0.319. The molecule has 114 valence electrons. The Balaban J connectivity index is 1.98. The van der Waals surface area contributed by atoms with E-state index in [2.05, 4.69) is 20.3 Å². The smallest absolute Gasteiger partial charge is 0.107 e. The van der Waals surface area contributed by atoms with E-state index in [1.807, 2.05) is 24.3 Å². The van der Waals surface area contributed by atoms with Gasteiger partial charge in [-0.05, 0) is 59.7 Å². The molecule has 0 unspecified atom stereocenters. The number of aromatic nitrogens is 2. The van der Waals surface area contributed by atoms with Crippen LogP contribution in [0.1, 0.15) is 25.0 Å². The third kappa shape index (κ3) is 4.22. The lowest BCUT2D eigenvalue weighted by Crippen LogP contribution is -1.95. The molecule has 0 amide bonds. The Morgan fingerprint density at radius 3 is 1.50 bits per heavy atom. The van der Waals surface area contributed by atoms with Crippen molar-refractivity contribution >= 4 is 33.0 Å². The van der Waals surface area contributed by atoms with Crippen molar-refractivity contribution in [3.63, 3.8) is 0 Å². The molecule has 0 fully saturated rings. The Hall–Kier alpha value is -2.06. The highest BCUT2D eigenvalue weighted by molar-refractivity contribution is 8.76. The van der Waals surface area contributed by atoms with Crippen LogP contribution in [0.25, 0.3) is 0 Å². The molecule has 2 heterocycles. The average molecular weight is 334 g/mol. The summed E-state index contributed by atoms with van der Waals surface area (Å²) < 4.78 is 0. The Labute approximate surface area is 135 Å². The van der Waals surface area contributed by atoms with E-state index in [-0.39, 0.29) is 0 Å². The highest BCUT2D eigenvalue weighted by Gasteiger charge is 2.04. The zero-order valence-electron chi connectivity index (χ0n) is 12.0. The molecule has 2 N–H and O–H groups in total. The minimum absolute atomic E-state index is 0.523. The zero-order valence-corrected chi connectivity index (χ0v) is 13.6. The first-order chi connectivity index (χ1) is 10.6. The first kappa shape index (κ1) is 16.3. The van der Waals surface area contributed by atoms with E-state index in [9.17, 15) is 0 Å². The monoisotopic (exact) mass is 334 g/mol. The molecule has 0 aromatic carbocycles. The van der Waals surface area contributed by atoms with E-state index in [1.54, 1.807) is 26.2 Å². The van der Waals surface area contributed by atoms with Crippen molar-refractivity contribution in [2.24, 2.45) is 10.3 Å². The van der Waals surface area contributed by atoms with E-state index < -0.39 is 0 Å². The molecule has 0 saturated carbocycles. The van der Waals surface area contributed by atoms with Gasteiger partial charge in [0, 0.05) is 23.5 Å². The maximum Gasteiger partial charge on any atom is 0.107 e. The van der Waals surface area contributed by atoms with Gasteiger partial charge in [-0.15, -0.1) is 0 Å². The topological polar surface area (TPSA) is 91.0 Å². The van der Waals surface area contributed by atoms with Crippen molar-refractivity contribution in [1.82, 2.24) is 9.97 Å². The lowest BCUT2D eigenvalue weighted by atomic mass is 10.2. The number of rotatable bonds is 5. The van der Waals surface area contributed by atoms with Gasteiger partial charge in [0.15, 0.2) is 0 Å². The van der Waals surface area contributed by atoms with Gasteiger partial charge in [0.05, 0.1) is 11.4 Å². The SMILES string of the molecule is C/C(=N/O)c1ccc(SSc2ccc(/C(C)=N\O)cn2)nc1. The van der Waals surface area contributed by atoms with Crippen LogP contribution in [0.2, 0.25) is 0 Å².